The highest BCUT2D eigenvalue weighted by atomic mass is 35.5. The maximum atomic E-state index is 10.1. The highest BCUT2D eigenvalue weighted by molar-refractivity contribution is 6.09. The van der Waals surface area contributed by atoms with Crippen molar-refractivity contribution < 1.29 is 9.21 Å². The molecule has 0 aromatic heterocycles. The van der Waals surface area contributed by atoms with Gasteiger partial charge in [-0.15, -0.1) is 13.2 Å². The Morgan fingerprint density at radius 2 is 1.77 bits per heavy atom. The molecule has 0 atom stereocenters. The molecule has 0 bridgehead atoms. The van der Waals surface area contributed by atoms with E-state index in [9.17, 15) is 10.1 Å². The molecular weight excluding hydrogens is 194 g/mol. The molecule has 1 aromatic carbocycles. The van der Waals surface area contributed by atoms with E-state index in [1.807, 2.05) is 0 Å². The maximum absolute atomic E-state index is 10.1. The van der Waals surface area contributed by atoms with Crippen molar-refractivity contribution in [1.29, 1.82) is 0 Å². The van der Waals surface area contributed by atoms with Crippen molar-refractivity contribution in [3.05, 3.63) is 47.5 Å². The predicted molar refractivity (Wildman–Crippen MR) is 50.8 cm³/mol. The fourth-order valence-electron chi connectivity index (χ4n) is 0.619. The first-order chi connectivity index (χ1) is 6.24. The SMILES string of the molecule is C=C.O=[N+]([O-])c1ccc(OCl)cc1. The van der Waals surface area contributed by atoms with E-state index < -0.39 is 4.92 Å². The van der Waals surface area contributed by atoms with E-state index in [2.05, 4.69) is 17.4 Å². The number of non-ortho nitro benzene ring substituents is 1. The van der Waals surface area contributed by atoms with Gasteiger partial charge in [0.15, 0.2) is 0 Å². The molecule has 1 aromatic rings. The summed E-state index contributed by atoms with van der Waals surface area (Å²) in [4.78, 5) is 9.64. The van der Waals surface area contributed by atoms with E-state index in [0.717, 1.165) is 0 Å². The van der Waals surface area contributed by atoms with E-state index >= 15 is 0 Å². The zero-order chi connectivity index (χ0) is 10.3. The van der Waals surface area contributed by atoms with Crippen LogP contribution < -0.4 is 4.29 Å². The maximum Gasteiger partial charge on any atom is 0.269 e. The van der Waals surface area contributed by atoms with Crippen molar-refractivity contribution in [3.63, 3.8) is 0 Å². The molecule has 0 radical (unpaired) electrons. The monoisotopic (exact) mass is 201 g/mol. The first-order valence-corrected chi connectivity index (χ1v) is 3.58. The Morgan fingerprint density at radius 1 is 1.31 bits per heavy atom. The van der Waals surface area contributed by atoms with Gasteiger partial charge >= 0.3 is 0 Å². The Bertz CT molecular complexity index is 273. The van der Waals surface area contributed by atoms with Crippen LogP contribution in [0, 0.1) is 10.1 Å². The van der Waals surface area contributed by atoms with Crippen LogP contribution >= 0.6 is 11.9 Å². The minimum absolute atomic E-state index is 0.0162. The number of hydrogen-bond donors (Lipinski definition) is 0. The van der Waals surface area contributed by atoms with Crippen LogP contribution in [-0.4, -0.2) is 4.92 Å². The zero-order valence-corrected chi connectivity index (χ0v) is 7.53. The molecule has 0 amide bonds. The number of nitrogens with zero attached hydrogens (tertiary/aromatic N) is 1. The van der Waals surface area contributed by atoms with E-state index in [4.69, 9.17) is 11.9 Å². The van der Waals surface area contributed by atoms with E-state index in [1.54, 1.807) is 0 Å². The van der Waals surface area contributed by atoms with Gasteiger partial charge in [0.05, 0.1) is 4.92 Å². The third-order valence-corrected chi connectivity index (χ3v) is 1.31. The number of hydrogen-bond acceptors (Lipinski definition) is 3. The normalized spacial score (nSPS) is 8.08. The summed E-state index contributed by atoms with van der Waals surface area (Å²) in [5, 5.41) is 10.1. The largest absolute Gasteiger partial charge is 0.386 e. The molecule has 0 heterocycles. The molecule has 0 unspecified atom stereocenters. The molecule has 0 saturated carbocycles. The van der Waals surface area contributed by atoms with Gasteiger partial charge in [0, 0.05) is 12.1 Å². The van der Waals surface area contributed by atoms with Gasteiger partial charge in [0.25, 0.3) is 5.69 Å². The Labute approximate surface area is 80.7 Å². The van der Waals surface area contributed by atoms with Gasteiger partial charge < -0.3 is 4.29 Å². The summed E-state index contributed by atoms with van der Waals surface area (Å²) >= 11 is 4.99. The summed E-state index contributed by atoms with van der Waals surface area (Å²) in [6, 6.07) is 5.48. The van der Waals surface area contributed by atoms with Crippen LogP contribution in [0.1, 0.15) is 0 Å². The smallest absolute Gasteiger partial charge is 0.269 e. The predicted octanol–water partition coefficient (Wildman–Crippen LogP) is 2.93. The molecule has 70 valence electrons. The van der Waals surface area contributed by atoms with Crippen LogP contribution in [0.4, 0.5) is 5.69 Å². The third-order valence-electron chi connectivity index (χ3n) is 1.14. The lowest BCUT2D eigenvalue weighted by atomic mass is 10.3. The molecule has 0 N–H and O–H groups in total. The highest BCUT2D eigenvalue weighted by Crippen LogP contribution is 2.17. The Kier molecular flexibility index (Phi) is 5.30. The van der Waals surface area contributed by atoms with Gasteiger partial charge in [0.1, 0.15) is 17.6 Å². The summed E-state index contributed by atoms with van der Waals surface area (Å²) in [6.45, 7) is 6.00. The first kappa shape index (κ1) is 11.4. The molecule has 0 aliphatic heterocycles. The van der Waals surface area contributed by atoms with Crippen molar-refractivity contribution in [2.24, 2.45) is 0 Å². The Balaban J connectivity index is 0.000000671. The quantitative estimate of drug-likeness (QED) is 0.420. The lowest BCUT2D eigenvalue weighted by Gasteiger charge is -1.93. The minimum Gasteiger partial charge on any atom is -0.386 e. The second-order valence-corrected chi connectivity index (χ2v) is 1.98. The standard InChI is InChI=1S/C6H4ClNO3.C2H4/c7-11-6-3-1-5(2-4-6)8(9)10;1-2/h1-4H;1-2H2. The first-order valence-electron chi connectivity index (χ1n) is 3.27. The van der Waals surface area contributed by atoms with Crippen molar-refractivity contribution in [2.75, 3.05) is 0 Å². The van der Waals surface area contributed by atoms with E-state index in [-0.39, 0.29) is 5.69 Å². The molecule has 4 nitrogen and oxygen atoms in total. The number of benzene rings is 1. The van der Waals surface area contributed by atoms with Gasteiger partial charge in [-0.1, -0.05) is 0 Å². The van der Waals surface area contributed by atoms with Crippen LogP contribution in [0.3, 0.4) is 0 Å². The molecule has 0 aliphatic carbocycles. The van der Waals surface area contributed by atoms with Crippen LogP contribution in [0.25, 0.3) is 0 Å². The average molecular weight is 202 g/mol. The third kappa shape index (κ3) is 3.57. The minimum atomic E-state index is -0.488. The topological polar surface area (TPSA) is 52.4 Å². The van der Waals surface area contributed by atoms with Crippen molar-refractivity contribution >= 4 is 17.6 Å². The zero-order valence-electron chi connectivity index (χ0n) is 6.77. The summed E-state index contributed by atoms with van der Waals surface area (Å²) in [7, 11) is 0. The van der Waals surface area contributed by atoms with E-state index in [1.165, 1.54) is 24.3 Å². The summed E-state index contributed by atoms with van der Waals surface area (Å²) in [5.74, 6) is 0.386. The lowest BCUT2D eigenvalue weighted by Crippen LogP contribution is -1.86. The molecule has 0 aliphatic rings. The average Bonchev–Trinajstić information content (AvgIpc) is 2.21. The molecule has 5 heteroatoms. The van der Waals surface area contributed by atoms with Gasteiger partial charge in [-0.2, -0.15) is 0 Å². The summed E-state index contributed by atoms with van der Waals surface area (Å²) < 4.78 is 4.30. The lowest BCUT2D eigenvalue weighted by molar-refractivity contribution is -0.384. The van der Waals surface area contributed by atoms with Gasteiger partial charge in [0.2, 0.25) is 0 Å². The molecular formula is C8H8ClNO3. The molecule has 1 rings (SSSR count). The molecule has 0 spiro atoms. The highest BCUT2D eigenvalue weighted by Gasteiger charge is 2.03. The van der Waals surface area contributed by atoms with Crippen LogP contribution in [0.15, 0.2) is 37.4 Å². The molecule has 13 heavy (non-hydrogen) atoms. The summed E-state index contributed by atoms with van der Waals surface area (Å²) in [5.41, 5.74) is 0.0162. The van der Waals surface area contributed by atoms with Crippen molar-refractivity contribution in [2.45, 2.75) is 0 Å². The van der Waals surface area contributed by atoms with Crippen LogP contribution in [-0.2, 0) is 0 Å². The van der Waals surface area contributed by atoms with Gasteiger partial charge in [-0.25, -0.2) is 0 Å². The Hall–Kier alpha value is -1.55. The fraction of sp³-hybridized carbons (Fsp3) is 0. The molecule has 0 fully saturated rings. The summed E-state index contributed by atoms with van der Waals surface area (Å²) in [6.07, 6.45) is 0. The van der Waals surface area contributed by atoms with Gasteiger partial charge in [-0.05, 0) is 12.1 Å². The van der Waals surface area contributed by atoms with Crippen LogP contribution in [0.5, 0.6) is 5.75 Å². The van der Waals surface area contributed by atoms with Crippen molar-refractivity contribution in [3.8, 4) is 5.75 Å². The Morgan fingerprint density at radius 3 is 2.08 bits per heavy atom. The van der Waals surface area contributed by atoms with E-state index in [0.29, 0.717) is 5.75 Å². The second-order valence-electron chi connectivity index (χ2n) is 1.83. The fourth-order valence-corrected chi connectivity index (χ4v) is 0.722. The number of rotatable bonds is 2. The van der Waals surface area contributed by atoms with Gasteiger partial charge in [-0.3, -0.25) is 10.1 Å². The number of nitro groups is 1. The molecule has 0 saturated heterocycles. The van der Waals surface area contributed by atoms with Crippen LogP contribution in [0.2, 0.25) is 0 Å². The number of halogens is 1. The number of nitro benzene ring substituents is 1. The second kappa shape index (κ2) is 6.02. The van der Waals surface area contributed by atoms with Crippen molar-refractivity contribution in [1.82, 2.24) is 0 Å².